The van der Waals surface area contributed by atoms with Crippen LogP contribution in [0.1, 0.15) is 29.5 Å². The third-order valence-corrected chi connectivity index (χ3v) is 5.65. The van der Waals surface area contributed by atoms with Crippen LogP contribution < -0.4 is 5.73 Å². The summed E-state index contributed by atoms with van der Waals surface area (Å²) in [5, 5.41) is 0. The Morgan fingerprint density at radius 2 is 2.11 bits per heavy atom. The lowest BCUT2D eigenvalue weighted by Gasteiger charge is -2.27. The van der Waals surface area contributed by atoms with Crippen LogP contribution in [0.3, 0.4) is 0 Å². The molecule has 3 heteroatoms. The van der Waals surface area contributed by atoms with E-state index in [0.717, 1.165) is 19.0 Å². The number of likely N-dealkylation sites (tertiary alicyclic amines) is 1. The molecule has 2 N–H and O–H groups in total. The standard InChI is InChI=1S/C15H22N2S/c1-17-8-11(7-16)5-15(17)13-4-2-3-12(6-13)14-9-18-10-14/h2-4,6,11,14-15H,5,7-10,16H2,1H3. The highest BCUT2D eigenvalue weighted by Crippen LogP contribution is 2.38. The quantitative estimate of drug-likeness (QED) is 0.907. The van der Waals surface area contributed by atoms with Crippen LogP contribution in [-0.2, 0) is 0 Å². The van der Waals surface area contributed by atoms with Crippen molar-refractivity contribution in [3.63, 3.8) is 0 Å². The molecule has 2 atom stereocenters. The van der Waals surface area contributed by atoms with E-state index in [-0.39, 0.29) is 0 Å². The van der Waals surface area contributed by atoms with Gasteiger partial charge in [-0.1, -0.05) is 24.3 Å². The molecule has 2 heterocycles. The summed E-state index contributed by atoms with van der Waals surface area (Å²) < 4.78 is 0. The molecule has 2 aliphatic heterocycles. The summed E-state index contributed by atoms with van der Waals surface area (Å²) in [4.78, 5) is 2.46. The Hall–Kier alpha value is -0.510. The normalized spacial score (nSPS) is 29.4. The molecule has 0 radical (unpaired) electrons. The van der Waals surface area contributed by atoms with Gasteiger partial charge in [0.15, 0.2) is 0 Å². The molecule has 0 bridgehead atoms. The van der Waals surface area contributed by atoms with Crippen molar-refractivity contribution in [2.24, 2.45) is 11.7 Å². The van der Waals surface area contributed by atoms with E-state index in [1.54, 1.807) is 0 Å². The number of nitrogens with two attached hydrogens (primary N) is 1. The molecule has 3 rings (SSSR count). The average molecular weight is 262 g/mol. The van der Waals surface area contributed by atoms with Crippen molar-refractivity contribution < 1.29 is 0 Å². The molecule has 1 aromatic carbocycles. The van der Waals surface area contributed by atoms with Gasteiger partial charge < -0.3 is 5.73 Å². The summed E-state index contributed by atoms with van der Waals surface area (Å²) in [6.07, 6.45) is 1.22. The van der Waals surface area contributed by atoms with Gasteiger partial charge in [0, 0.05) is 30.0 Å². The second-order valence-electron chi connectivity index (χ2n) is 5.70. The largest absolute Gasteiger partial charge is 0.330 e. The zero-order chi connectivity index (χ0) is 12.5. The molecule has 1 aromatic rings. The van der Waals surface area contributed by atoms with Gasteiger partial charge in [0.2, 0.25) is 0 Å². The van der Waals surface area contributed by atoms with Gasteiger partial charge >= 0.3 is 0 Å². The number of benzene rings is 1. The maximum Gasteiger partial charge on any atom is 0.0348 e. The predicted octanol–water partition coefficient (Wildman–Crippen LogP) is 2.47. The molecule has 98 valence electrons. The van der Waals surface area contributed by atoms with E-state index in [9.17, 15) is 0 Å². The molecule has 0 aliphatic carbocycles. The first kappa shape index (κ1) is 12.5. The van der Waals surface area contributed by atoms with E-state index in [2.05, 4.69) is 48.0 Å². The number of nitrogens with zero attached hydrogens (tertiary/aromatic N) is 1. The highest BCUT2D eigenvalue weighted by Gasteiger charge is 2.30. The molecule has 2 aliphatic rings. The van der Waals surface area contributed by atoms with Gasteiger partial charge in [-0.2, -0.15) is 11.8 Å². The molecule has 2 unspecified atom stereocenters. The van der Waals surface area contributed by atoms with Gasteiger partial charge in [-0.15, -0.1) is 0 Å². The molecule has 0 saturated carbocycles. The van der Waals surface area contributed by atoms with Gasteiger partial charge in [0.05, 0.1) is 0 Å². The summed E-state index contributed by atoms with van der Waals surface area (Å²) in [7, 11) is 2.23. The molecule has 0 aromatic heterocycles. The SMILES string of the molecule is CN1CC(CN)CC1c1cccc(C2CSC2)c1. The van der Waals surface area contributed by atoms with Gasteiger partial charge in [-0.25, -0.2) is 0 Å². The van der Waals surface area contributed by atoms with Gasteiger partial charge in [0.25, 0.3) is 0 Å². The first-order valence-electron chi connectivity index (χ1n) is 6.86. The highest BCUT2D eigenvalue weighted by molar-refractivity contribution is 8.00. The van der Waals surface area contributed by atoms with Crippen molar-refractivity contribution in [3.8, 4) is 0 Å². The van der Waals surface area contributed by atoms with Crippen LogP contribution in [0, 0.1) is 5.92 Å². The lowest BCUT2D eigenvalue weighted by atomic mass is 9.94. The molecule has 0 spiro atoms. The smallest absolute Gasteiger partial charge is 0.0348 e. The number of thioether (sulfide) groups is 1. The zero-order valence-corrected chi connectivity index (χ0v) is 11.8. The average Bonchev–Trinajstić information content (AvgIpc) is 2.69. The van der Waals surface area contributed by atoms with E-state index < -0.39 is 0 Å². The van der Waals surface area contributed by atoms with Crippen molar-refractivity contribution in [2.75, 3.05) is 31.6 Å². The zero-order valence-electron chi connectivity index (χ0n) is 11.0. The Morgan fingerprint density at radius 3 is 2.72 bits per heavy atom. The summed E-state index contributed by atoms with van der Waals surface area (Å²) >= 11 is 2.06. The summed E-state index contributed by atoms with van der Waals surface area (Å²) in [6, 6.07) is 9.83. The fraction of sp³-hybridized carbons (Fsp3) is 0.600. The maximum atomic E-state index is 5.82. The van der Waals surface area contributed by atoms with Crippen molar-refractivity contribution in [3.05, 3.63) is 35.4 Å². The van der Waals surface area contributed by atoms with Crippen LogP contribution in [-0.4, -0.2) is 36.5 Å². The Morgan fingerprint density at radius 1 is 1.33 bits per heavy atom. The van der Waals surface area contributed by atoms with Crippen LogP contribution in [0.4, 0.5) is 0 Å². The summed E-state index contributed by atoms with van der Waals surface area (Å²) in [5.74, 6) is 4.07. The lowest BCUT2D eigenvalue weighted by molar-refractivity contribution is 0.313. The summed E-state index contributed by atoms with van der Waals surface area (Å²) in [6.45, 7) is 1.96. The van der Waals surface area contributed by atoms with Gasteiger partial charge in [-0.3, -0.25) is 4.90 Å². The molecule has 2 nitrogen and oxygen atoms in total. The minimum atomic E-state index is 0.575. The molecule has 2 saturated heterocycles. The van der Waals surface area contributed by atoms with E-state index in [1.807, 2.05) is 0 Å². The minimum absolute atomic E-state index is 0.575. The van der Waals surface area contributed by atoms with Crippen LogP contribution >= 0.6 is 11.8 Å². The van der Waals surface area contributed by atoms with Crippen LogP contribution in [0.25, 0.3) is 0 Å². The highest BCUT2D eigenvalue weighted by atomic mass is 32.2. The Kier molecular flexibility index (Phi) is 3.64. The van der Waals surface area contributed by atoms with Crippen LogP contribution in [0.15, 0.2) is 24.3 Å². The van der Waals surface area contributed by atoms with Crippen LogP contribution in [0.2, 0.25) is 0 Å². The molecule has 0 amide bonds. The van der Waals surface area contributed by atoms with Crippen molar-refractivity contribution in [1.82, 2.24) is 4.90 Å². The van der Waals surface area contributed by atoms with Crippen LogP contribution in [0.5, 0.6) is 0 Å². The third kappa shape index (κ3) is 2.31. The Balaban J connectivity index is 1.79. The number of rotatable bonds is 3. The minimum Gasteiger partial charge on any atom is -0.330 e. The third-order valence-electron chi connectivity index (χ3n) is 4.37. The topological polar surface area (TPSA) is 29.3 Å². The number of hydrogen-bond acceptors (Lipinski definition) is 3. The lowest BCUT2D eigenvalue weighted by Crippen LogP contribution is -2.21. The first-order valence-corrected chi connectivity index (χ1v) is 8.01. The second-order valence-corrected chi connectivity index (χ2v) is 6.77. The second kappa shape index (κ2) is 5.24. The molecular formula is C15H22N2S. The molecule has 2 fully saturated rings. The Bertz CT molecular complexity index is 417. The van der Waals surface area contributed by atoms with Gasteiger partial charge in [-0.05, 0) is 37.1 Å². The van der Waals surface area contributed by atoms with E-state index in [1.165, 1.54) is 29.1 Å². The Labute approximate surface area is 114 Å². The van der Waals surface area contributed by atoms with E-state index in [0.29, 0.717) is 12.0 Å². The van der Waals surface area contributed by atoms with Crippen molar-refractivity contribution >= 4 is 11.8 Å². The summed E-state index contributed by atoms with van der Waals surface area (Å²) in [5.41, 5.74) is 8.84. The first-order chi connectivity index (χ1) is 8.78. The fourth-order valence-electron chi connectivity index (χ4n) is 3.11. The molecule has 18 heavy (non-hydrogen) atoms. The maximum absolute atomic E-state index is 5.82. The predicted molar refractivity (Wildman–Crippen MR) is 79.0 cm³/mol. The molecular weight excluding hydrogens is 240 g/mol. The monoisotopic (exact) mass is 262 g/mol. The number of hydrogen-bond donors (Lipinski definition) is 1. The fourth-order valence-corrected chi connectivity index (χ4v) is 3.97. The van der Waals surface area contributed by atoms with E-state index >= 15 is 0 Å². The van der Waals surface area contributed by atoms with Crippen molar-refractivity contribution in [2.45, 2.75) is 18.4 Å². The van der Waals surface area contributed by atoms with E-state index in [4.69, 9.17) is 5.73 Å². The van der Waals surface area contributed by atoms with Crippen molar-refractivity contribution in [1.29, 1.82) is 0 Å². The van der Waals surface area contributed by atoms with Gasteiger partial charge in [0.1, 0.15) is 0 Å².